The molecule has 0 unspecified atom stereocenters. The second-order valence-electron chi connectivity index (χ2n) is 3.16. The summed E-state index contributed by atoms with van der Waals surface area (Å²) in [4.78, 5) is 0. The first-order chi connectivity index (χ1) is 7.80. The van der Waals surface area contributed by atoms with Crippen molar-refractivity contribution in [3.8, 4) is 23.3 Å². The largest absolute Gasteiger partial charge is 0.496 e. The lowest BCUT2D eigenvalue weighted by Crippen LogP contribution is -1.97. The van der Waals surface area contributed by atoms with E-state index in [4.69, 9.17) is 19.5 Å². The lowest BCUT2D eigenvalue weighted by Gasteiger charge is -2.09. The monoisotopic (exact) mass is 221 g/mol. The number of rotatable bonds is 6. The van der Waals surface area contributed by atoms with E-state index in [0.717, 1.165) is 6.42 Å². The van der Waals surface area contributed by atoms with Gasteiger partial charge in [0.15, 0.2) is 0 Å². The number of hydrogen-bond donors (Lipinski definition) is 0. The fraction of sp³-hybridized carbons (Fsp3) is 0.417. The Morgan fingerprint density at radius 1 is 1.06 bits per heavy atom. The fourth-order valence-corrected chi connectivity index (χ4v) is 1.21. The van der Waals surface area contributed by atoms with Crippen LogP contribution in [-0.4, -0.2) is 20.8 Å². The van der Waals surface area contributed by atoms with Gasteiger partial charge in [0.05, 0.1) is 26.9 Å². The maximum atomic E-state index is 8.38. The molecule has 0 aromatic heterocycles. The molecule has 0 atom stereocenters. The molecule has 0 N–H and O–H groups in total. The number of methoxy groups -OCH3 is 2. The van der Waals surface area contributed by atoms with Gasteiger partial charge in [-0.3, -0.25) is 0 Å². The maximum absolute atomic E-state index is 8.38. The Morgan fingerprint density at radius 3 is 2.12 bits per heavy atom. The van der Waals surface area contributed by atoms with Crippen LogP contribution in [0, 0.1) is 11.3 Å². The number of benzene rings is 1. The quantitative estimate of drug-likeness (QED) is 0.692. The first-order valence-electron chi connectivity index (χ1n) is 5.03. The topological polar surface area (TPSA) is 51.5 Å². The van der Waals surface area contributed by atoms with Crippen LogP contribution in [-0.2, 0) is 0 Å². The second kappa shape index (κ2) is 6.57. The molecule has 1 aromatic rings. The lowest BCUT2D eigenvalue weighted by atomic mass is 10.3. The maximum Gasteiger partial charge on any atom is 0.126 e. The molecule has 0 aliphatic carbocycles. The minimum atomic E-state index is 0.501. The van der Waals surface area contributed by atoms with Crippen LogP contribution in [0.3, 0.4) is 0 Å². The van der Waals surface area contributed by atoms with Crippen LogP contribution in [0.1, 0.15) is 12.8 Å². The highest BCUT2D eigenvalue weighted by molar-refractivity contribution is 5.41. The van der Waals surface area contributed by atoms with Gasteiger partial charge in [-0.05, 0) is 6.42 Å². The minimum Gasteiger partial charge on any atom is -0.496 e. The number of hydrogen-bond acceptors (Lipinski definition) is 4. The van der Waals surface area contributed by atoms with E-state index in [1.807, 2.05) is 0 Å². The van der Waals surface area contributed by atoms with Crippen LogP contribution in [0.25, 0.3) is 0 Å². The van der Waals surface area contributed by atoms with Crippen LogP contribution in [0.4, 0.5) is 0 Å². The summed E-state index contributed by atoms with van der Waals surface area (Å²) in [5, 5.41) is 8.38. The molecule has 16 heavy (non-hydrogen) atoms. The summed E-state index contributed by atoms with van der Waals surface area (Å²) in [5.41, 5.74) is 0. The summed E-state index contributed by atoms with van der Waals surface area (Å²) in [7, 11) is 3.18. The zero-order chi connectivity index (χ0) is 11.8. The Morgan fingerprint density at radius 2 is 1.62 bits per heavy atom. The van der Waals surface area contributed by atoms with Gasteiger partial charge in [0.1, 0.15) is 17.2 Å². The third-order valence-corrected chi connectivity index (χ3v) is 2.03. The minimum absolute atomic E-state index is 0.501. The van der Waals surface area contributed by atoms with Gasteiger partial charge >= 0.3 is 0 Å². The van der Waals surface area contributed by atoms with E-state index in [0.29, 0.717) is 30.3 Å². The molecular weight excluding hydrogens is 206 g/mol. The van der Waals surface area contributed by atoms with Crippen molar-refractivity contribution >= 4 is 0 Å². The molecule has 4 heteroatoms. The van der Waals surface area contributed by atoms with Crippen molar-refractivity contribution in [3.63, 3.8) is 0 Å². The van der Waals surface area contributed by atoms with Crippen LogP contribution in [0.5, 0.6) is 17.2 Å². The molecule has 0 fully saturated rings. The SMILES string of the molecule is COc1cc(OC)cc(OCCCC#N)c1. The van der Waals surface area contributed by atoms with Gasteiger partial charge in [0.2, 0.25) is 0 Å². The van der Waals surface area contributed by atoms with E-state index in [9.17, 15) is 0 Å². The number of unbranched alkanes of at least 4 members (excludes halogenated alkanes) is 1. The lowest BCUT2D eigenvalue weighted by molar-refractivity contribution is 0.306. The van der Waals surface area contributed by atoms with Crippen molar-refractivity contribution in [2.45, 2.75) is 12.8 Å². The Bertz CT molecular complexity index is 349. The van der Waals surface area contributed by atoms with Crippen LogP contribution < -0.4 is 14.2 Å². The van der Waals surface area contributed by atoms with Gasteiger partial charge in [-0.25, -0.2) is 0 Å². The summed E-state index contributed by atoms with van der Waals surface area (Å²) in [6, 6.07) is 7.42. The molecule has 4 nitrogen and oxygen atoms in total. The van der Waals surface area contributed by atoms with Crippen molar-refractivity contribution in [2.24, 2.45) is 0 Å². The van der Waals surface area contributed by atoms with E-state index >= 15 is 0 Å². The molecule has 0 saturated heterocycles. The van der Waals surface area contributed by atoms with Gasteiger partial charge in [-0.1, -0.05) is 0 Å². The Kier molecular flexibility index (Phi) is 5.00. The summed E-state index contributed by atoms with van der Waals surface area (Å²) in [6.07, 6.45) is 1.22. The van der Waals surface area contributed by atoms with Crippen molar-refractivity contribution in [2.75, 3.05) is 20.8 Å². The fourth-order valence-electron chi connectivity index (χ4n) is 1.21. The highest BCUT2D eigenvalue weighted by Gasteiger charge is 2.02. The normalized spacial score (nSPS) is 9.31. The molecule has 0 saturated carbocycles. The summed E-state index contributed by atoms with van der Waals surface area (Å²) < 4.78 is 15.7. The van der Waals surface area contributed by atoms with Crippen LogP contribution in [0.2, 0.25) is 0 Å². The third kappa shape index (κ3) is 3.70. The zero-order valence-corrected chi connectivity index (χ0v) is 9.53. The summed E-state index contributed by atoms with van der Waals surface area (Å²) in [5.74, 6) is 2.07. The van der Waals surface area contributed by atoms with Crippen molar-refractivity contribution < 1.29 is 14.2 Å². The van der Waals surface area contributed by atoms with Crippen LogP contribution in [0.15, 0.2) is 18.2 Å². The van der Waals surface area contributed by atoms with E-state index in [-0.39, 0.29) is 0 Å². The smallest absolute Gasteiger partial charge is 0.126 e. The predicted octanol–water partition coefficient (Wildman–Crippen LogP) is 2.39. The van der Waals surface area contributed by atoms with Gasteiger partial charge in [-0.15, -0.1) is 0 Å². The van der Waals surface area contributed by atoms with Gasteiger partial charge < -0.3 is 14.2 Å². The highest BCUT2D eigenvalue weighted by Crippen LogP contribution is 2.27. The summed E-state index contributed by atoms with van der Waals surface area (Å²) >= 11 is 0. The molecule has 0 spiro atoms. The molecule has 0 radical (unpaired) electrons. The Labute approximate surface area is 95.4 Å². The highest BCUT2D eigenvalue weighted by atomic mass is 16.5. The standard InChI is InChI=1S/C12H15NO3/c1-14-10-7-11(15-2)9-12(8-10)16-6-4-3-5-13/h7-9H,3-4,6H2,1-2H3. The molecule has 0 bridgehead atoms. The van der Waals surface area contributed by atoms with Crippen molar-refractivity contribution in [1.82, 2.24) is 0 Å². The molecule has 1 aromatic carbocycles. The molecule has 0 heterocycles. The molecule has 0 aliphatic rings. The van der Waals surface area contributed by atoms with Crippen LogP contribution >= 0.6 is 0 Å². The molecule has 0 amide bonds. The van der Waals surface area contributed by atoms with Crippen molar-refractivity contribution in [3.05, 3.63) is 18.2 Å². The van der Waals surface area contributed by atoms with E-state index in [1.165, 1.54) is 0 Å². The third-order valence-electron chi connectivity index (χ3n) is 2.03. The summed E-state index contributed by atoms with van der Waals surface area (Å²) in [6.45, 7) is 0.518. The number of nitrogens with zero attached hydrogens (tertiary/aromatic N) is 1. The van der Waals surface area contributed by atoms with Gasteiger partial charge in [0.25, 0.3) is 0 Å². The average Bonchev–Trinajstić information content (AvgIpc) is 2.34. The number of ether oxygens (including phenoxy) is 3. The molecular formula is C12H15NO3. The second-order valence-corrected chi connectivity index (χ2v) is 3.16. The predicted molar refractivity (Wildman–Crippen MR) is 59.9 cm³/mol. The molecule has 86 valence electrons. The van der Waals surface area contributed by atoms with E-state index in [2.05, 4.69) is 6.07 Å². The van der Waals surface area contributed by atoms with Crippen molar-refractivity contribution in [1.29, 1.82) is 5.26 Å². The van der Waals surface area contributed by atoms with E-state index < -0.39 is 0 Å². The van der Waals surface area contributed by atoms with Gasteiger partial charge in [-0.2, -0.15) is 5.26 Å². The zero-order valence-electron chi connectivity index (χ0n) is 9.53. The average molecular weight is 221 g/mol. The molecule has 1 rings (SSSR count). The van der Waals surface area contributed by atoms with Gasteiger partial charge in [0, 0.05) is 24.6 Å². The first kappa shape index (κ1) is 12.2. The van der Waals surface area contributed by atoms with E-state index in [1.54, 1.807) is 32.4 Å². The Hall–Kier alpha value is -1.89. The number of nitriles is 1. The first-order valence-corrected chi connectivity index (χ1v) is 5.03. The Balaban J connectivity index is 2.61. The molecule has 0 aliphatic heterocycles.